The molecule has 0 saturated carbocycles. The van der Waals surface area contributed by atoms with Crippen LogP contribution in [0.25, 0.3) is 0 Å². The number of hydrogen-bond donors (Lipinski definition) is 1. The van der Waals surface area contributed by atoms with Crippen LogP contribution in [0.1, 0.15) is 33.6 Å². The Kier molecular flexibility index (Phi) is 3.05. The number of ether oxygens (including phenoxy) is 3. The number of Topliss-reactive ketones (excluding diaryl/α,β-unsaturated/α-hetero) is 1. The van der Waals surface area contributed by atoms with Crippen LogP contribution in [0.3, 0.4) is 0 Å². The first kappa shape index (κ1) is 12.0. The lowest BCUT2D eigenvalue weighted by atomic mass is 10.1. The summed E-state index contributed by atoms with van der Waals surface area (Å²) < 4.78 is 16.6. The highest BCUT2D eigenvalue weighted by Gasteiger charge is 2.53. The average molecular weight is 230 g/mol. The summed E-state index contributed by atoms with van der Waals surface area (Å²) in [6, 6.07) is 0. The second-order valence-electron chi connectivity index (χ2n) is 4.87. The van der Waals surface area contributed by atoms with E-state index < -0.39 is 24.3 Å². The summed E-state index contributed by atoms with van der Waals surface area (Å²) in [5.41, 5.74) is 0. The molecule has 1 N–H and O–H groups in total. The number of aliphatic hydroxyl groups excluding tert-OH is 1. The summed E-state index contributed by atoms with van der Waals surface area (Å²) in [7, 11) is 0. The zero-order valence-electron chi connectivity index (χ0n) is 9.80. The maximum atomic E-state index is 10.9. The van der Waals surface area contributed by atoms with Gasteiger partial charge < -0.3 is 24.1 Å². The Morgan fingerprint density at radius 3 is 2.62 bits per heavy atom. The number of hydrogen-bond acceptors (Lipinski definition) is 5. The van der Waals surface area contributed by atoms with Gasteiger partial charge in [-0.2, -0.15) is 0 Å². The van der Waals surface area contributed by atoms with Crippen molar-refractivity contribution in [3.8, 4) is 0 Å². The summed E-state index contributed by atoms with van der Waals surface area (Å²) in [5, 5.41) is 9.96. The first-order valence-electron chi connectivity index (χ1n) is 5.58. The van der Waals surface area contributed by atoms with Crippen LogP contribution in [0.5, 0.6) is 0 Å². The van der Waals surface area contributed by atoms with Gasteiger partial charge in [0.15, 0.2) is 12.1 Å². The van der Waals surface area contributed by atoms with Crippen LogP contribution in [-0.2, 0) is 19.0 Å². The van der Waals surface area contributed by atoms with E-state index in [0.29, 0.717) is 12.8 Å². The van der Waals surface area contributed by atoms with Crippen molar-refractivity contribution in [1.82, 2.24) is 0 Å². The third kappa shape index (κ3) is 2.27. The zero-order chi connectivity index (χ0) is 11.9. The van der Waals surface area contributed by atoms with E-state index in [1.807, 2.05) is 0 Å². The first-order chi connectivity index (χ1) is 7.39. The van der Waals surface area contributed by atoms with Gasteiger partial charge in [0.1, 0.15) is 18.0 Å². The number of carbonyl (C=O) groups is 1. The van der Waals surface area contributed by atoms with Crippen LogP contribution in [0.15, 0.2) is 0 Å². The van der Waals surface area contributed by atoms with Gasteiger partial charge in [0, 0.05) is 6.42 Å². The third-order valence-corrected chi connectivity index (χ3v) is 2.90. The molecule has 2 saturated heterocycles. The van der Waals surface area contributed by atoms with Gasteiger partial charge in [-0.25, -0.2) is 0 Å². The monoisotopic (exact) mass is 230 g/mol. The highest BCUT2D eigenvalue weighted by Crippen LogP contribution is 2.38. The molecule has 5 heteroatoms. The van der Waals surface area contributed by atoms with E-state index in [0.717, 1.165) is 0 Å². The van der Waals surface area contributed by atoms with E-state index >= 15 is 0 Å². The van der Waals surface area contributed by atoms with Crippen molar-refractivity contribution >= 4 is 5.78 Å². The van der Waals surface area contributed by atoms with Crippen molar-refractivity contribution in [1.29, 1.82) is 0 Å². The Morgan fingerprint density at radius 2 is 2.06 bits per heavy atom. The Labute approximate surface area is 94.7 Å². The largest absolute Gasteiger partial charge is 0.387 e. The number of aliphatic hydroxyl groups is 1. The Balaban J connectivity index is 1.92. The second-order valence-corrected chi connectivity index (χ2v) is 4.87. The van der Waals surface area contributed by atoms with Crippen LogP contribution >= 0.6 is 0 Å². The molecular formula is C11H18O5. The lowest BCUT2D eigenvalue weighted by Crippen LogP contribution is -2.34. The Morgan fingerprint density at radius 1 is 1.38 bits per heavy atom. The van der Waals surface area contributed by atoms with E-state index in [1.165, 1.54) is 6.92 Å². The topological polar surface area (TPSA) is 65.0 Å². The fourth-order valence-corrected chi connectivity index (χ4v) is 2.14. The van der Waals surface area contributed by atoms with Crippen molar-refractivity contribution in [3.05, 3.63) is 0 Å². The molecule has 2 rings (SSSR count). The molecule has 0 bridgehead atoms. The first-order valence-corrected chi connectivity index (χ1v) is 5.58. The Hall–Kier alpha value is -0.490. The van der Waals surface area contributed by atoms with E-state index in [4.69, 9.17) is 14.2 Å². The average Bonchev–Trinajstić information content (AvgIpc) is 2.58. The molecule has 2 heterocycles. The molecule has 2 aliphatic rings. The predicted octanol–water partition coefficient (Wildman–Crippen LogP) is 0.593. The highest BCUT2D eigenvalue weighted by atomic mass is 16.8. The number of carbonyl (C=O) groups excluding carboxylic acids is 1. The summed E-state index contributed by atoms with van der Waals surface area (Å²) >= 11 is 0. The van der Waals surface area contributed by atoms with Crippen molar-refractivity contribution in [3.63, 3.8) is 0 Å². The Bertz CT molecular complexity index is 288. The molecule has 0 aromatic heterocycles. The van der Waals surface area contributed by atoms with Crippen LogP contribution in [0.4, 0.5) is 0 Å². The molecule has 0 unspecified atom stereocenters. The van der Waals surface area contributed by atoms with Crippen molar-refractivity contribution in [2.45, 2.75) is 64.0 Å². The summed E-state index contributed by atoms with van der Waals surface area (Å²) in [4.78, 5) is 10.9. The highest BCUT2D eigenvalue weighted by molar-refractivity contribution is 5.75. The van der Waals surface area contributed by atoms with Gasteiger partial charge in [-0.3, -0.25) is 0 Å². The number of ketones is 1. The van der Waals surface area contributed by atoms with Gasteiger partial charge >= 0.3 is 0 Å². The normalized spacial score (nSPS) is 41.0. The molecule has 5 nitrogen and oxygen atoms in total. The fourth-order valence-electron chi connectivity index (χ4n) is 2.14. The van der Waals surface area contributed by atoms with E-state index in [-0.39, 0.29) is 11.9 Å². The van der Waals surface area contributed by atoms with Gasteiger partial charge in [0.25, 0.3) is 0 Å². The molecule has 0 aromatic carbocycles. The zero-order valence-corrected chi connectivity index (χ0v) is 9.80. The summed E-state index contributed by atoms with van der Waals surface area (Å²) in [5.74, 6) is -0.614. The molecule has 4 atom stereocenters. The number of rotatable bonds is 3. The SMILES string of the molecule is CC(=O)CC[C@H]1O[C@@H]2OC(C)(C)O[C@@H]2[C@H]1O. The van der Waals surface area contributed by atoms with Crippen LogP contribution < -0.4 is 0 Å². The van der Waals surface area contributed by atoms with E-state index in [1.54, 1.807) is 13.8 Å². The van der Waals surface area contributed by atoms with Gasteiger partial charge in [-0.15, -0.1) is 0 Å². The predicted molar refractivity (Wildman–Crippen MR) is 54.6 cm³/mol. The van der Waals surface area contributed by atoms with Gasteiger partial charge in [0.05, 0.1) is 6.10 Å². The molecule has 0 spiro atoms. The van der Waals surface area contributed by atoms with Crippen LogP contribution in [0.2, 0.25) is 0 Å². The molecule has 2 fully saturated rings. The van der Waals surface area contributed by atoms with Crippen molar-refractivity contribution in [2.24, 2.45) is 0 Å². The maximum absolute atomic E-state index is 10.9. The van der Waals surface area contributed by atoms with Crippen LogP contribution in [0, 0.1) is 0 Å². The van der Waals surface area contributed by atoms with Crippen molar-refractivity contribution in [2.75, 3.05) is 0 Å². The number of fused-ring (bicyclic) bond motifs is 1. The molecule has 92 valence electrons. The molecule has 16 heavy (non-hydrogen) atoms. The third-order valence-electron chi connectivity index (χ3n) is 2.90. The molecular weight excluding hydrogens is 212 g/mol. The molecule has 0 aliphatic carbocycles. The van der Waals surface area contributed by atoms with Gasteiger partial charge in [0.2, 0.25) is 0 Å². The maximum Gasteiger partial charge on any atom is 0.190 e. The minimum atomic E-state index is -0.717. The minimum absolute atomic E-state index is 0.0926. The summed E-state index contributed by atoms with van der Waals surface area (Å²) in [6.45, 7) is 5.09. The van der Waals surface area contributed by atoms with Gasteiger partial charge in [-0.05, 0) is 27.2 Å². The van der Waals surface area contributed by atoms with E-state index in [2.05, 4.69) is 0 Å². The van der Waals surface area contributed by atoms with Crippen LogP contribution in [-0.4, -0.2) is 41.3 Å². The molecule has 0 aromatic rings. The van der Waals surface area contributed by atoms with Gasteiger partial charge in [-0.1, -0.05) is 0 Å². The minimum Gasteiger partial charge on any atom is -0.387 e. The summed E-state index contributed by atoms with van der Waals surface area (Å²) in [6.07, 6.45) is -1.11. The standard InChI is InChI=1S/C11H18O5/c1-6(12)4-5-7-8(13)9-10(14-7)16-11(2,3)15-9/h7-10,13H,4-5H2,1-3H3/t7-,8+,9-,10-/m1/s1. The lowest BCUT2D eigenvalue weighted by molar-refractivity contribution is -0.215. The molecule has 0 radical (unpaired) electrons. The lowest BCUT2D eigenvalue weighted by Gasteiger charge is -2.22. The molecule has 0 amide bonds. The van der Waals surface area contributed by atoms with Crippen molar-refractivity contribution < 1.29 is 24.1 Å². The fraction of sp³-hybridized carbons (Fsp3) is 0.909. The second kappa shape index (κ2) is 4.07. The van der Waals surface area contributed by atoms with E-state index in [9.17, 15) is 9.90 Å². The smallest absolute Gasteiger partial charge is 0.190 e. The quantitative estimate of drug-likeness (QED) is 0.768. The molecule has 2 aliphatic heterocycles.